The summed E-state index contributed by atoms with van der Waals surface area (Å²) in [5, 5.41) is 9.09. The lowest BCUT2D eigenvalue weighted by Crippen LogP contribution is -2.39. The molecule has 0 radical (unpaired) electrons. The summed E-state index contributed by atoms with van der Waals surface area (Å²) < 4.78 is 32.1. The van der Waals surface area contributed by atoms with Gasteiger partial charge in [0.1, 0.15) is 4.90 Å². The van der Waals surface area contributed by atoms with Gasteiger partial charge in [-0.1, -0.05) is 0 Å². The average Bonchev–Trinajstić information content (AvgIpc) is 2.71. The first kappa shape index (κ1) is 17.1. The van der Waals surface area contributed by atoms with Gasteiger partial charge in [0.2, 0.25) is 10.0 Å². The van der Waals surface area contributed by atoms with Gasteiger partial charge in [0, 0.05) is 24.6 Å². The van der Waals surface area contributed by atoms with Gasteiger partial charge in [0.25, 0.3) is 0 Å². The molecule has 19 heavy (non-hydrogen) atoms. The molecule has 1 aromatic rings. The van der Waals surface area contributed by atoms with Gasteiger partial charge in [0.15, 0.2) is 0 Å². The van der Waals surface area contributed by atoms with Crippen molar-refractivity contribution < 1.29 is 18.3 Å². The van der Waals surface area contributed by atoms with Gasteiger partial charge in [-0.3, -0.25) is 0 Å². The number of sulfonamides is 1. The molecule has 0 unspecified atom stereocenters. The number of aliphatic hydroxyl groups is 1. The van der Waals surface area contributed by atoms with Crippen LogP contribution in [0.15, 0.2) is 14.7 Å². The fraction of sp³-hybridized carbons (Fsp3) is 0.636. The van der Waals surface area contributed by atoms with Gasteiger partial charge in [0.05, 0.1) is 17.0 Å². The zero-order chi connectivity index (χ0) is 14.6. The Morgan fingerprint density at radius 2 is 2.16 bits per heavy atom. The molecular formula is C11H18BrNO4S2. The molecule has 0 saturated heterocycles. The molecule has 0 bridgehead atoms. The van der Waals surface area contributed by atoms with Crippen LogP contribution >= 0.6 is 27.3 Å². The summed E-state index contributed by atoms with van der Waals surface area (Å²) in [4.78, 5) is 0.812. The molecule has 0 aliphatic heterocycles. The molecule has 0 atom stereocenters. The highest BCUT2D eigenvalue weighted by Crippen LogP contribution is 2.34. The van der Waals surface area contributed by atoms with E-state index < -0.39 is 10.0 Å². The van der Waals surface area contributed by atoms with E-state index >= 15 is 0 Å². The van der Waals surface area contributed by atoms with Crippen LogP contribution in [0.25, 0.3) is 0 Å². The van der Waals surface area contributed by atoms with Crippen LogP contribution in [-0.2, 0) is 21.4 Å². The van der Waals surface area contributed by atoms with Gasteiger partial charge in [-0.25, -0.2) is 8.42 Å². The lowest BCUT2D eigenvalue weighted by Gasteiger charge is -2.25. The van der Waals surface area contributed by atoms with Gasteiger partial charge in [-0.15, -0.1) is 11.3 Å². The first-order chi connectivity index (χ1) is 8.84. The van der Waals surface area contributed by atoms with Crippen LogP contribution in [0.2, 0.25) is 0 Å². The van der Waals surface area contributed by atoms with Crippen molar-refractivity contribution in [2.45, 2.75) is 31.4 Å². The van der Waals surface area contributed by atoms with Crippen LogP contribution in [0.3, 0.4) is 0 Å². The molecule has 0 aromatic carbocycles. The minimum Gasteiger partial charge on any atom is -0.391 e. The van der Waals surface area contributed by atoms with E-state index in [1.54, 1.807) is 0 Å². The number of nitrogens with zero attached hydrogens (tertiary/aromatic N) is 1. The molecule has 0 amide bonds. The highest BCUT2D eigenvalue weighted by Gasteiger charge is 2.30. The summed E-state index contributed by atoms with van der Waals surface area (Å²) in [6, 6.07) is 1.34. The Labute approximate surface area is 126 Å². The van der Waals surface area contributed by atoms with E-state index in [0.717, 1.165) is 0 Å². The van der Waals surface area contributed by atoms with Crippen molar-refractivity contribution in [1.82, 2.24) is 4.31 Å². The Balaban J connectivity index is 3.14. The van der Waals surface area contributed by atoms with E-state index in [2.05, 4.69) is 15.9 Å². The van der Waals surface area contributed by atoms with Gasteiger partial charge in [-0.2, -0.15) is 4.31 Å². The normalized spacial score (nSPS) is 12.6. The predicted octanol–water partition coefficient (Wildman–Crippen LogP) is 2.05. The highest BCUT2D eigenvalue weighted by molar-refractivity contribution is 9.11. The summed E-state index contributed by atoms with van der Waals surface area (Å²) in [5.74, 6) is 0. The minimum atomic E-state index is -3.59. The fourth-order valence-corrected chi connectivity index (χ4v) is 5.73. The zero-order valence-corrected chi connectivity index (χ0v) is 14.3. The Morgan fingerprint density at radius 1 is 1.53 bits per heavy atom. The number of thiophene rings is 1. The van der Waals surface area contributed by atoms with Crippen molar-refractivity contribution in [1.29, 1.82) is 0 Å². The van der Waals surface area contributed by atoms with Gasteiger partial charge in [-0.05, 0) is 35.8 Å². The molecule has 1 aromatic heterocycles. The Hall–Kier alpha value is 0.01000. The topological polar surface area (TPSA) is 66.8 Å². The molecule has 5 nitrogen and oxygen atoms in total. The molecule has 1 heterocycles. The standard InChI is InChI=1S/C11H18BrNO4S2/c1-8(2)13(4-5-17-3)19(15,16)10-6-9(7-14)18-11(10)12/h6,8,14H,4-5,7H2,1-3H3. The van der Waals surface area contributed by atoms with Gasteiger partial charge < -0.3 is 9.84 Å². The van der Waals surface area contributed by atoms with E-state index in [1.807, 2.05) is 13.8 Å². The second kappa shape index (κ2) is 7.14. The maximum Gasteiger partial charge on any atom is 0.245 e. The third-order valence-corrected chi connectivity index (χ3v) is 6.85. The summed E-state index contributed by atoms with van der Waals surface area (Å²) in [6.45, 7) is 4.11. The summed E-state index contributed by atoms with van der Waals surface area (Å²) in [6.07, 6.45) is 0. The molecule has 1 rings (SSSR count). The third-order valence-electron chi connectivity index (χ3n) is 2.54. The van der Waals surface area contributed by atoms with E-state index in [0.29, 0.717) is 21.8 Å². The van der Waals surface area contributed by atoms with Crippen molar-refractivity contribution >= 4 is 37.3 Å². The van der Waals surface area contributed by atoms with Gasteiger partial charge >= 0.3 is 0 Å². The maximum atomic E-state index is 12.6. The number of halogens is 1. The molecule has 1 N–H and O–H groups in total. The number of methoxy groups -OCH3 is 1. The molecule has 0 spiro atoms. The quantitative estimate of drug-likeness (QED) is 0.796. The van der Waals surface area contributed by atoms with Crippen molar-refractivity contribution in [3.63, 3.8) is 0 Å². The van der Waals surface area contributed by atoms with Crippen LogP contribution in [-0.4, -0.2) is 44.1 Å². The number of ether oxygens (including phenoxy) is 1. The van der Waals surface area contributed by atoms with Crippen LogP contribution in [0.5, 0.6) is 0 Å². The van der Waals surface area contributed by atoms with Crippen LogP contribution < -0.4 is 0 Å². The Morgan fingerprint density at radius 3 is 2.58 bits per heavy atom. The first-order valence-electron chi connectivity index (χ1n) is 5.74. The SMILES string of the molecule is COCCN(C(C)C)S(=O)(=O)c1cc(CO)sc1Br. The van der Waals surface area contributed by atoms with Crippen molar-refractivity contribution in [2.24, 2.45) is 0 Å². The summed E-state index contributed by atoms with van der Waals surface area (Å²) in [7, 11) is -2.05. The molecular weight excluding hydrogens is 354 g/mol. The van der Waals surface area contributed by atoms with Crippen molar-refractivity contribution in [3.8, 4) is 0 Å². The number of aliphatic hydroxyl groups excluding tert-OH is 1. The number of rotatable bonds is 7. The molecule has 110 valence electrons. The first-order valence-corrected chi connectivity index (χ1v) is 8.79. The third kappa shape index (κ3) is 3.99. The lowest BCUT2D eigenvalue weighted by atomic mass is 10.4. The number of hydrogen-bond donors (Lipinski definition) is 1. The monoisotopic (exact) mass is 371 g/mol. The Kier molecular flexibility index (Phi) is 6.41. The molecule has 0 aliphatic rings. The van der Waals surface area contributed by atoms with Crippen LogP contribution in [0.1, 0.15) is 18.7 Å². The number of hydrogen-bond acceptors (Lipinski definition) is 5. The predicted molar refractivity (Wildman–Crippen MR) is 78.8 cm³/mol. The molecule has 0 fully saturated rings. The summed E-state index contributed by atoms with van der Waals surface area (Å²) in [5.41, 5.74) is 0. The van der Waals surface area contributed by atoms with E-state index in [1.165, 1.54) is 28.8 Å². The lowest BCUT2D eigenvalue weighted by molar-refractivity contribution is 0.171. The second-order valence-corrected chi connectivity index (χ2v) is 8.52. The van der Waals surface area contributed by atoms with E-state index in [9.17, 15) is 8.42 Å². The molecule has 0 saturated carbocycles. The average molecular weight is 372 g/mol. The smallest absolute Gasteiger partial charge is 0.245 e. The zero-order valence-electron chi connectivity index (χ0n) is 11.1. The molecule has 8 heteroatoms. The van der Waals surface area contributed by atoms with Crippen molar-refractivity contribution in [3.05, 3.63) is 14.7 Å². The molecule has 0 aliphatic carbocycles. The fourth-order valence-electron chi connectivity index (χ4n) is 1.62. The van der Waals surface area contributed by atoms with Crippen LogP contribution in [0, 0.1) is 0 Å². The largest absolute Gasteiger partial charge is 0.391 e. The summed E-state index contributed by atoms with van der Waals surface area (Å²) >= 11 is 4.47. The van der Waals surface area contributed by atoms with E-state index in [-0.39, 0.29) is 17.5 Å². The second-order valence-electron chi connectivity index (χ2n) is 4.21. The van der Waals surface area contributed by atoms with Crippen LogP contribution in [0.4, 0.5) is 0 Å². The van der Waals surface area contributed by atoms with E-state index in [4.69, 9.17) is 9.84 Å². The minimum absolute atomic E-state index is 0.162. The Bertz CT molecular complexity index is 513. The van der Waals surface area contributed by atoms with Crippen molar-refractivity contribution in [2.75, 3.05) is 20.3 Å². The highest BCUT2D eigenvalue weighted by atomic mass is 79.9. The maximum absolute atomic E-state index is 12.6.